The van der Waals surface area contributed by atoms with E-state index in [9.17, 15) is 26.4 Å². The van der Waals surface area contributed by atoms with E-state index >= 15 is 0 Å². The molecule has 168 valence electrons. The van der Waals surface area contributed by atoms with Gasteiger partial charge in [0, 0.05) is 13.2 Å². The van der Waals surface area contributed by atoms with Crippen molar-refractivity contribution in [2.45, 2.75) is 37.6 Å². The lowest BCUT2D eigenvalue weighted by Gasteiger charge is -2.11. The zero-order valence-corrected chi connectivity index (χ0v) is 18.3. The number of hydrogen-bond acceptors (Lipinski definition) is 7. The maximum atomic E-state index is 14.9. The number of alkyl halides is 2. The lowest BCUT2D eigenvalue weighted by Crippen LogP contribution is -2.24. The van der Waals surface area contributed by atoms with Crippen LogP contribution in [0.1, 0.15) is 31.2 Å². The van der Waals surface area contributed by atoms with Crippen LogP contribution in [0.5, 0.6) is 0 Å². The highest BCUT2D eigenvalue weighted by atomic mass is 32.2. The van der Waals surface area contributed by atoms with Crippen molar-refractivity contribution in [1.29, 1.82) is 0 Å². The summed E-state index contributed by atoms with van der Waals surface area (Å²) >= 11 is 0.501. The van der Waals surface area contributed by atoms with Crippen molar-refractivity contribution in [3.05, 3.63) is 33.4 Å². The molecular weight excluding hydrogens is 457 g/mol. The molecule has 0 bridgehead atoms. The molecule has 0 aliphatic heterocycles. The van der Waals surface area contributed by atoms with Gasteiger partial charge < -0.3 is 4.74 Å². The average Bonchev–Trinajstić information content (AvgIpc) is 3.11. The van der Waals surface area contributed by atoms with Crippen molar-refractivity contribution in [2.75, 3.05) is 19.5 Å². The Labute approximate surface area is 179 Å². The lowest BCUT2D eigenvalue weighted by atomic mass is 10.2. The number of benzene rings is 1. The van der Waals surface area contributed by atoms with Crippen LogP contribution < -0.4 is 5.69 Å². The zero-order chi connectivity index (χ0) is 22.6. The maximum Gasteiger partial charge on any atom is 0.335 e. The van der Waals surface area contributed by atoms with E-state index in [4.69, 9.17) is 4.74 Å². The number of rotatable bonds is 8. The molecule has 2 aromatic heterocycles. The molecule has 0 spiro atoms. The molecule has 2 heterocycles. The van der Waals surface area contributed by atoms with Crippen molar-refractivity contribution in [1.82, 2.24) is 19.3 Å². The predicted molar refractivity (Wildman–Crippen MR) is 107 cm³/mol. The molecule has 13 heteroatoms. The molecule has 3 aromatic rings. The number of sulfone groups is 1. The average molecular weight is 477 g/mol. The Kier molecular flexibility index (Phi) is 5.46. The molecule has 0 radical (unpaired) electrons. The topological polar surface area (TPSA) is 96.1 Å². The molecule has 1 aliphatic rings. The Morgan fingerprint density at radius 3 is 2.55 bits per heavy atom. The van der Waals surface area contributed by atoms with Gasteiger partial charge in [0.2, 0.25) is 5.13 Å². The predicted octanol–water partition coefficient (Wildman–Crippen LogP) is 2.94. The van der Waals surface area contributed by atoms with E-state index in [1.807, 2.05) is 6.92 Å². The van der Waals surface area contributed by atoms with E-state index in [1.165, 1.54) is 11.7 Å². The second kappa shape index (κ2) is 7.71. The smallest absolute Gasteiger partial charge is 0.335 e. The summed E-state index contributed by atoms with van der Waals surface area (Å²) in [6.07, 6.45) is -1.42. The van der Waals surface area contributed by atoms with Gasteiger partial charge in [0.25, 0.3) is 6.43 Å². The number of methoxy groups -OCH3 is 1. The van der Waals surface area contributed by atoms with Gasteiger partial charge in [-0.25, -0.2) is 31.0 Å². The van der Waals surface area contributed by atoms with Crippen LogP contribution >= 0.6 is 11.3 Å². The van der Waals surface area contributed by atoms with Crippen molar-refractivity contribution < 1.29 is 26.3 Å². The van der Waals surface area contributed by atoms with Crippen LogP contribution in [0, 0.1) is 11.2 Å². The number of hydrogen-bond donors (Lipinski definition) is 0. The fraction of sp³-hybridized carbons (Fsp3) is 0.500. The standard InChI is InChI=1S/C18H19F3N4O4S2/c1-18(3-4-18)9-31(27,28)13-8-12-11(7-10(13)19)24(5-6-29-2)17(26)25(12)16-23-22-15(30-16)14(20)21/h7-8,14H,3-6,9H2,1-2H3. The van der Waals surface area contributed by atoms with Crippen molar-refractivity contribution in [2.24, 2.45) is 5.41 Å². The monoisotopic (exact) mass is 476 g/mol. The van der Waals surface area contributed by atoms with Gasteiger partial charge in [-0.15, -0.1) is 10.2 Å². The maximum absolute atomic E-state index is 14.9. The molecule has 4 rings (SSSR count). The lowest BCUT2D eigenvalue weighted by molar-refractivity contribution is 0.150. The molecule has 1 fully saturated rings. The normalized spacial score (nSPS) is 15.8. The van der Waals surface area contributed by atoms with Crippen LogP contribution in [0.15, 0.2) is 21.8 Å². The van der Waals surface area contributed by atoms with Crippen LogP contribution in [0.3, 0.4) is 0 Å². The van der Waals surface area contributed by atoms with E-state index in [-0.39, 0.29) is 35.1 Å². The van der Waals surface area contributed by atoms with Gasteiger partial charge in [0.05, 0.1) is 29.9 Å². The van der Waals surface area contributed by atoms with Gasteiger partial charge in [0.1, 0.15) is 10.7 Å². The Hall–Kier alpha value is -2.25. The number of nitrogens with zero attached hydrogens (tertiary/aromatic N) is 4. The first kappa shape index (κ1) is 22.0. The highest BCUT2D eigenvalue weighted by Crippen LogP contribution is 2.47. The van der Waals surface area contributed by atoms with Crippen molar-refractivity contribution in [3.8, 4) is 5.13 Å². The molecule has 31 heavy (non-hydrogen) atoms. The SMILES string of the molecule is COCCn1c(=O)n(-c2nnc(C(F)F)s2)c2cc(S(=O)(=O)CC3(C)CC3)c(F)cc21. The number of aromatic nitrogens is 4. The minimum atomic E-state index is -3.98. The second-order valence-corrected chi connectivity index (χ2v) is 10.8. The van der Waals surface area contributed by atoms with Gasteiger partial charge in [-0.3, -0.25) is 4.57 Å². The molecule has 0 amide bonds. The summed E-state index contributed by atoms with van der Waals surface area (Å²) in [5.41, 5.74) is -0.938. The molecule has 1 aromatic carbocycles. The Balaban J connectivity index is 1.94. The van der Waals surface area contributed by atoms with Crippen molar-refractivity contribution >= 4 is 32.2 Å². The van der Waals surface area contributed by atoms with Crippen LogP contribution in [-0.2, 0) is 21.1 Å². The van der Waals surface area contributed by atoms with Gasteiger partial charge in [-0.1, -0.05) is 18.3 Å². The summed E-state index contributed by atoms with van der Waals surface area (Å²) in [5, 5.41) is 6.30. The zero-order valence-electron chi connectivity index (χ0n) is 16.6. The summed E-state index contributed by atoms with van der Waals surface area (Å²) in [6, 6.07) is 2.04. The third kappa shape index (κ3) is 4.01. The second-order valence-electron chi connectivity index (χ2n) is 7.83. The molecule has 0 unspecified atom stereocenters. The summed E-state index contributed by atoms with van der Waals surface area (Å²) in [6.45, 7) is 1.98. The minimum Gasteiger partial charge on any atom is -0.383 e. The Morgan fingerprint density at radius 1 is 1.26 bits per heavy atom. The molecule has 1 saturated carbocycles. The highest BCUT2D eigenvalue weighted by Gasteiger charge is 2.42. The summed E-state index contributed by atoms with van der Waals surface area (Å²) in [7, 11) is -2.56. The highest BCUT2D eigenvalue weighted by molar-refractivity contribution is 7.91. The first-order valence-corrected chi connectivity index (χ1v) is 11.8. The Bertz CT molecular complexity index is 1310. The van der Waals surface area contributed by atoms with Crippen LogP contribution in [-0.4, -0.2) is 47.2 Å². The van der Waals surface area contributed by atoms with Crippen molar-refractivity contribution in [3.63, 3.8) is 0 Å². The molecule has 0 atom stereocenters. The summed E-state index contributed by atoms with van der Waals surface area (Å²) < 4.78 is 73.8. The van der Waals surface area contributed by atoms with E-state index in [1.54, 1.807) is 0 Å². The quantitative estimate of drug-likeness (QED) is 0.496. The fourth-order valence-corrected chi connectivity index (χ4v) is 6.09. The van der Waals surface area contributed by atoms with Gasteiger partial charge in [0.15, 0.2) is 14.8 Å². The number of halogens is 3. The summed E-state index contributed by atoms with van der Waals surface area (Å²) in [4.78, 5) is 12.5. The van der Waals surface area contributed by atoms with Gasteiger partial charge >= 0.3 is 5.69 Å². The third-order valence-electron chi connectivity index (χ3n) is 5.29. The molecule has 0 saturated heterocycles. The fourth-order valence-electron chi connectivity index (χ4n) is 3.38. The summed E-state index contributed by atoms with van der Waals surface area (Å²) in [5.74, 6) is -1.20. The molecule has 1 aliphatic carbocycles. The number of fused-ring (bicyclic) bond motifs is 1. The first-order valence-electron chi connectivity index (χ1n) is 9.35. The minimum absolute atomic E-state index is 0.0407. The first-order chi connectivity index (χ1) is 14.6. The number of imidazole rings is 1. The molecule has 0 N–H and O–H groups in total. The number of ether oxygens (including phenoxy) is 1. The van der Waals surface area contributed by atoms with Crippen LogP contribution in [0.4, 0.5) is 13.2 Å². The van der Waals surface area contributed by atoms with Gasteiger partial charge in [-0.05, 0) is 24.3 Å². The van der Waals surface area contributed by atoms with E-state index in [2.05, 4.69) is 10.2 Å². The van der Waals surface area contributed by atoms with E-state index in [0.29, 0.717) is 11.3 Å². The van der Waals surface area contributed by atoms with E-state index in [0.717, 1.165) is 29.5 Å². The van der Waals surface area contributed by atoms with Gasteiger partial charge in [-0.2, -0.15) is 0 Å². The third-order valence-corrected chi connectivity index (χ3v) is 8.26. The van der Waals surface area contributed by atoms with Crippen LogP contribution in [0.2, 0.25) is 0 Å². The molecular formula is C18H19F3N4O4S2. The van der Waals surface area contributed by atoms with E-state index < -0.39 is 43.1 Å². The van der Waals surface area contributed by atoms with Crippen LogP contribution in [0.25, 0.3) is 16.2 Å². The largest absolute Gasteiger partial charge is 0.383 e. The molecule has 8 nitrogen and oxygen atoms in total. The Morgan fingerprint density at radius 2 is 1.97 bits per heavy atom.